The van der Waals surface area contributed by atoms with Crippen LogP contribution >= 0.6 is 11.8 Å². The SMILES string of the molecule is COCCCOc1ccccc1NC(=O)NCCCSc1ccc(F)cc1. The number of hydrogen-bond acceptors (Lipinski definition) is 4. The average Bonchev–Trinajstić information content (AvgIpc) is 2.67. The molecule has 0 saturated carbocycles. The molecule has 2 amide bonds. The zero-order chi connectivity index (χ0) is 19.3. The summed E-state index contributed by atoms with van der Waals surface area (Å²) < 4.78 is 23.5. The summed E-state index contributed by atoms with van der Waals surface area (Å²) in [5.41, 5.74) is 0.633. The Morgan fingerprint density at radius 3 is 2.63 bits per heavy atom. The molecule has 27 heavy (non-hydrogen) atoms. The Kier molecular flexibility index (Phi) is 9.51. The summed E-state index contributed by atoms with van der Waals surface area (Å²) in [5, 5.41) is 5.64. The predicted molar refractivity (Wildman–Crippen MR) is 107 cm³/mol. The number of rotatable bonds is 11. The number of ether oxygens (including phenoxy) is 2. The molecule has 2 N–H and O–H groups in total. The van der Waals surface area contributed by atoms with Gasteiger partial charge in [0.05, 0.1) is 12.3 Å². The second kappa shape index (κ2) is 12.2. The van der Waals surface area contributed by atoms with Gasteiger partial charge in [0.2, 0.25) is 0 Å². The molecule has 0 saturated heterocycles. The lowest BCUT2D eigenvalue weighted by molar-refractivity contribution is 0.172. The monoisotopic (exact) mass is 392 g/mol. The number of nitrogens with one attached hydrogen (secondary N) is 2. The second-order valence-electron chi connectivity index (χ2n) is 5.73. The Balaban J connectivity index is 1.67. The van der Waals surface area contributed by atoms with Gasteiger partial charge in [0, 0.05) is 31.6 Å². The largest absolute Gasteiger partial charge is 0.491 e. The first kappa shape index (κ1) is 21.1. The van der Waals surface area contributed by atoms with Crippen molar-refractivity contribution >= 4 is 23.5 Å². The second-order valence-corrected chi connectivity index (χ2v) is 6.90. The zero-order valence-electron chi connectivity index (χ0n) is 15.4. The van der Waals surface area contributed by atoms with Gasteiger partial charge in [-0.3, -0.25) is 0 Å². The van der Waals surface area contributed by atoms with Crippen LogP contribution in [0.5, 0.6) is 5.75 Å². The topological polar surface area (TPSA) is 59.6 Å². The van der Waals surface area contributed by atoms with Crippen LogP contribution in [-0.4, -0.2) is 38.7 Å². The molecule has 5 nitrogen and oxygen atoms in total. The van der Waals surface area contributed by atoms with E-state index in [2.05, 4.69) is 10.6 Å². The number of para-hydroxylation sites is 2. The molecule has 0 spiro atoms. The Bertz CT molecular complexity index is 698. The first-order valence-corrected chi connectivity index (χ1v) is 9.81. The fraction of sp³-hybridized carbons (Fsp3) is 0.350. The third-order valence-corrected chi connectivity index (χ3v) is 4.67. The van der Waals surface area contributed by atoms with Crippen molar-refractivity contribution in [3.63, 3.8) is 0 Å². The smallest absolute Gasteiger partial charge is 0.319 e. The first-order chi connectivity index (χ1) is 13.2. The summed E-state index contributed by atoms with van der Waals surface area (Å²) in [7, 11) is 1.65. The van der Waals surface area contributed by atoms with Crippen LogP contribution in [-0.2, 0) is 4.74 Å². The number of carbonyl (C=O) groups is 1. The lowest BCUT2D eigenvalue weighted by Gasteiger charge is -2.13. The van der Waals surface area contributed by atoms with Gasteiger partial charge in [0.15, 0.2) is 0 Å². The first-order valence-electron chi connectivity index (χ1n) is 8.83. The van der Waals surface area contributed by atoms with Gasteiger partial charge >= 0.3 is 6.03 Å². The standard InChI is InChI=1S/C20H25FN2O3S/c1-25-13-5-14-26-19-7-3-2-6-18(19)23-20(24)22-12-4-15-27-17-10-8-16(21)9-11-17/h2-3,6-11H,4-5,12-15H2,1H3,(H2,22,23,24). The van der Waals surface area contributed by atoms with Crippen molar-refractivity contribution in [1.82, 2.24) is 5.32 Å². The van der Waals surface area contributed by atoms with Gasteiger partial charge in [-0.15, -0.1) is 11.8 Å². The van der Waals surface area contributed by atoms with E-state index in [1.165, 1.54) is 12.1 Å². The molecule has 0 aliphatic rings. The molecule has 0 unspecified atom stereocenters. The Morgan fingerprint density at radius 1 is 1.07 bits per heavy atom. The van der Waals surface area contributed by atoms with Gasteiger partial charge < -0.3 is 20.1 Å². The molecule has 0 aliphatic carbocycles. The Morgan fingerprint density at radius 2 is 1.85 bits per heavy atom. The van der Waals surface area contributed by atoms with Gasteiger partial charge in [0.1, 0.15) is 11.6 Å². The van der Waals surface area contributed by atoms with E-state index < -0.39 is 0 Å². The maximum atomic E-state index is 12.9. The number of anilines is 1. The van der Waals surface area contributed by atoms with Gasteiger partial charge in [-0.2, -0.15) is 0 Å². The average molecular weight is 392 g/mol. The van der Waals surface area contributed by atoms with Crippen molar-refractivity contribution in [3.05, 3.63) is 54.3 Å². The molecule has 0 aliphatic heterocycles. The molecular weight excluding hydrogens is 367 g/mol. The molecular formula is C20H25FN2O3S. The van der Waals surface area contributed by atoms with Crippen molar-refractivity contribution in [3.8, 4) is 5.75 Å². The number of benzene rings is 2. The molecule has 2 aromatic carbocycles. The lowest BCUT2D eigenvalue weighted by atomic mass is 10.3. The highest BCUT2D eigenvalue weighted by atomic mass is 32.2. The van der Waals surface area contributed by atoms with Gasteiger partial charge in [-0.1, -0.05) is 12.1 Å². The number of thioether (sulfide) groups is 1. The van der Waals surface area contributed by atoms with Crippen LogP contribution in [0.3, 0.4) is 0 Å². The number of amides is 2. The highest BCUT2D eigenvalue weighted by Crippen LogP contribution is 2.23. The minimum atomic E-state index is -0.269. The summed E-state index contributed by atoms with van der Waals surface area (Å²) in [4.78, 5) is 13.1. The van der Waals surface area contributed by atoms with E-state index in [4.69, 9.17) is 9.47 Å². The number of hydrogen-bond donors (Lipinski definition) is 2. The molecule has 2 rings (SSSR count). The normalized spacial score (nSPS) is 10.4. The Hall–Kier alpha value is -2.25. The quantitative estimate of drug-likeness (QED) is 0.435. The van der Waals surface area contributed by atoms with Gasteiger partial charge in [-0.25, -0.2) is 9.18 Å². The van der Waals surface area contributed by atoms with Crippen LogP contribution in [0.4, 0.5) is 14.9 Å². The van der Waals surface area contributed by atoms with Crippen LogP contribution in [0.15, 0.2) is 53.4 Å². The maximum Gasteiger partial charge on any atom is 0.319 e. The third-order valence-electron chi connectivity index (χ3n) is 3.57. The maximum absolute atomic E-state index is 12.9. The summed E-state index contributed by atoms with van der Waals surface area (Å²) in [5.74, 6) is 1.24. The molecule has 0 bridgehead atoms. The fourth-order valence-corrected chi connectivity index (χ4v) is 3.10. The fourth-order valence-electron chi connectivity index (χ4n) is 2.24. The molecule has 0 atom stereocenters. The van der Waals surface area contributed by atoms with Crippen molar-refractivity contribution in [2.75, 3.05) is 37.9 Å². The molecule has 0 fully saturated rings. The third kappa shape index (κ3) is 8.32. The minimum Gasteiger partial charge on any atom is -0.491 e. The Labute approximate surface area is 163 Å². The molecule has 2 aromatic rings. The molecule has 0 heterocycles. The van der Waals surface area contributed by atoms with Crippen molar-refractivity contribution in [2.45, 2.75) is 17.7 Å². The molecule has 146 valence electrons. The summed E-state index contributed by atoms with van der Waals surface area (Å²) >= 11 is 1.63. The number of methoxy groups -OCH3 is 1. The minimum absolute atomic E-state index is 0.236. The lowest BCUT2D eigenvalue weighted by Crippen LogP contribution is -2.30. The summed E-state index contributed by atoms with van der Waals surface area (Å²) in [6.07, 6.45) is 1.59. The van der Waals surface area contributed by atoms with Crippen molar-refractivity contribution < 1.29 is 18.7 Å². The van der Waals surface area contributed by atoms with Crippen LogP contribution in [0.25, 0.3) is 0 Å². The van der Waals surface area contributed by atoms with Gasteiger partial charge in [0.25, 0.3) is 0 Å². The molecule has 7 heteroatoms. The zero-order valence-corrected chi connectivity index (χ0v) is 16.2. The van der Waals surface area contributed by atoms with E-state index >= 15 is 0 Å². The van der Waals surface area contributed by atoms with Crippen molar-refractivity contribution in [1.29, 1.82) is 0 Å². The van der Waals surface area contributed by atoms with Crippen molar-refractivity contribution in [2.24, 2.45) is 0 Å². The van der Waals surface area contributed by atoms with E-state index in [0.717, 1.165) is 23.5 Å². The van der Waals surface area contributed by atoms with Gasteiger partial charge in [-0.05, 0) is 48.6 Å². The van der Waals surface area contributed by atoms with E-state index in [1.807, 2.05) is 18.2 Å². The van der Waals surface area contributed by atoms with Crippen LogP contribution in [0.1, 0.15) is 12.8 Å². The highest BCUT2D eigenvalue weighted by Gasteiger charge is 2.07. The molecule has 0 aromatic heterocycles. The summed E-state index contributed by atoms with van der Waals surface area (Å²) in [6, 6.07) is 13.5. The predicted octanol–water partition coefficient (Wildman–Crippen LogP) is 4.54. The number of carbonyl (C=O) groups excluding carboxylic acids is 1. The number of urea groups is 1. The van der Waals surface area contributed by atoms with E-state index in [-0.39, 0.29) is 11.8 Å². The van der Waals surface area contributed by atoms with E-state index in [9.17, 15) is 9.18 Å². The van der Waals surface area contributed by atoms with Crippen LogP contribution in [0, 0.1) is 5.82 Å². The summed E-state index contributed by atoms with van der Waals surface area (Å²) in [6.45, 7) is 1.71. The molecule has 0 radical (unpaired) electrons. The van der Waals surface area contributed by atoms with Crippen LogP contribution in [0.2, 0.25) is 0 Å². The van der Waals surface area contributed by atoms with E-state index in [0.29, 0.717) is 31.2 Å². The van der Waals surface area contributed by atoms with Crippen LogP contribution < -0.4 is 15.4 Å². The highest BCUT2D eigenvalue weighted by molar-refractivity contribution is 7.99. The number of halogens is 1. The van der Waals surface area contributed by atoms with E-state index in [1.54, 1.807) is 37.1 Å².